The van der Waals surface area contributed by atoms with Gasteiger partial charge in [-0.05, 0) is 17.8 Å². The third-order valence-corrected chi connectivity index (χ3v) is 4.24. The number of carbonyl (C=O) groups excluding carboxylic acids is 2. The van der Waals surface area contributed by atoms with Crippen molar-refractivity contribution in [1.82, 2.24) is 0 Å². The number of esters is 2. The normalized spacial score (nSPS) is 14.4. The maximum Gasteiger partial charge on any atom is 0.434 e. The Kier molecular flexibility index (Phi) is 9.11. The van der Waals surface area contributed by atoms with Crippen LogP contribution >= 0.6 is 0 Å². The first-order valence-electron chi connectivity index (χ1n) is 8.51. The maximum atomic E-state index is 12.3. The van der Waals surface area contributed by atoms with Crippen LogP contribution in [0, 0.1) is 17.3 Å². The van der Waals surface area contributed by atoms with Crippen LogP contribution in [0.25, 0.3) is 0 Å². The summed E-state index contributed by atoms with van der Waals surface area (Å²) >= 11 is 0. The van der Waals surface area contributed by atoms with Gasteiger partial charge in [-0.2, -0.15) is 26.3 Å². The zero-order valence-electron chi connectivity index (χ0n) is 16.0. The van der Waals surface area contributed by atoms with E-state index in [4.69, 9.17) is 4.74 Å². The lowest BCUT2D eigenvalue weighted by Gasteiger charge is -2.32. The van der Waals surface area contributed by atoms with E-state index in [0.717, 1.165) is 0 Å². The fourth-order valence-corrected chi connectivity index (χ4v) is 2.30. The molecule has 0 rings (SSSR count). The first kappa shape index (κ1) is 25.5. The van der Waals surface area contributed by atoms with Gasteiger partial charge in [0.1, 0.15) is 6.61 Å². The van der Waals surface area contributed by atoms with E-state index in [9.17, 15) is 35.9 Å². The molecule has 0 aliphatic rings. The number of hydrogen-bond acceptors (Lipinski definition) is 4. The molecule has 0 bridgehead atoms. The standard InChI is InChI=1S/C17H26F6O4/c1-6-15(4,5)11(9-10(2)3)13(25)26-8-7-12(24)27-14(16(18,19)20)17(21,22)23/h10-11,14H,6-9H2,1-5H3. The molecule has 10 heteroatoms. The minimum Gasteiger partial charge on any atom is -0.465 e. The Hall–Kier alpha value is -1.48. The zero-order chi connectivity index (χ0) is 21.6. The minimum atomic E-state index is -5.78. The van der Waals surface area contributed by atoms with E-state index in [1.807, 2.05) is 34.6 Å². The van der Waals surface area contributed by atoms with Gasteiger partial charge in [-0.1, -0.05) is 41.0 Å². The van der Waals surface area contributed by atoms with Crippen LogP contribution < -0.4 is 0 Å². The van der Waals surface area contributed by atoms with Crippen molar-refractivity contribution < 1.29 is 45.4 Å². The molecular weight excluding hydrogens is 382 g/mol. The number of halogens is 6. The molecule has 0 saturated heterocycles. The Morgan fingerprint density at radius 1 is 0.963 bits per heavy atom. The molecule has 0 radical (unpaired) electrons. The number of carbonyl (C=O) groups is 2. The Morgan fingerprint density at radius 3 is 1.81 bits per heavy atom. The van der Waals surface area contributed by atoms with E-state index in [0.29, 0.717) is 12.8 Å². The zero-order valence-corrected chi connectivity index (χ0v) is 16.0. The van der Waals surface area contributed by atoms with Crippen molar-refractivity contribution >= 4 is 11.9 Å². The highest BCUT2D eigenvalue weighted by atomic mass is 19.4. The van der Waals surface area contributed by atoms with Gasteiger partial charge in [0.15, 0.2) is 0 Å². The van der Waals surface area contributed by atoms with Crippen molar-refractivity contribution in [2.45, 2.75) is 72.3 Å². The minimum absolute atomic E-state index is 0.165. The van der Waals surface area contributed by atoms with Crippen LogP contribution in [0.4, 0.5) is 26.3 Å². The average molecular weight is 408 g/mol. The summed E-state index contributed by atoms with van der Waals surface area (Å²) in [7, 11) is 0. The highest BCUT2D eigenvalue weighted by Gasteiger charge is 2.59. The quantitative estimate of drug-likeness (QED) is 0.396. The maximum absolute atomic E-state index is 12.3. The summed E-state index contributed by atoms with van der Waals surface area (Å²) < 4.78 is 82.5. The van der Waals surface area contributed by atoms with Crippen LogP contribution in [-0.4, -0.2) is 37.0 Å². The number of rotatable bonds is 9. The molecule has 4 nitrogen and oxygen atoms in total. The Balaban J connectivity index is 4.80. The van der Waals surface area contributed by atoms with Crippen LogP contribution in [-0.2, 0) is 19.1 Å². The second-order valence-corrected chi connectivity index (χ2v) is 7.39. The van der Waals surface area contributed by atoms with Crippen molar-refractivity contribution in [3.8, 4) is 0 Å². The van der Waals surface area contributed by atoms with Gasteiger partial charge in [0, 0.05) is 0 Å². The molecule has 27 heavy (non-hydrogen) atoms. The summed E-state index contributed by atoms with van der Waals surface area (Å²) in [5.41, 5.74) is -0.417. The fourth-order valence-electron chi connectivity index (χ4n) is 2.30. The molecule has 1 unspecified atom stereocenters. The fraction of sp³-hybridized carbons (Fsp3) is 0.882. The molecule has 0 heterocycles. The topological polar surface area (TPSA) is 52.6 Å². The molecule has 0 aliphatic carbocycles. The van der Waals surface area contributed by atoms with E-state index in [1.54, 1.807) is 0 Å². The van der Waals surface area contributed by atoms with E-state index in [-0.39, 0.29) is 5.92 Å². The second-order valence-electron chi connectivity index (χ2n) is 7.39. The second kappa shape index (κ2) is 9.64. The Labute approximate surface area is 154 Å². The number of alkyl halides is 6. The van der Waals surface area contributed by atoms with E-state index in [2.05, 4.69) is 4.74 Å². The summed E-state index contributed by atoms with van der Waals surface area (Å²) in [6, 6.07) is 0. The molecule has 160 valence electrons. The van der Waals surface area contributed by atoms with Gasteiger partial charge >= 0.3 is 24.3 Å². The first-order chi connectivity index (χ1) is 12.0. The van der Waals surface area contributed by atoms with Crippen LogP contribution in [0.5, 0.6) is 0 Å². The van der Waals surface area contributed by atoms with Gasteiger partial charge in [0.25, 0.3) is 6.10 Å². The van der Waals surface area contributed by atoms with Crippen LogP contribution in [0.2, 0.25) is 0 Å². The van der Waals surface area contributed by atoms with E-state index in [1.165, 1.54) is 0 Å². The van der Waals surface area contributed by atoms with E-state index >= 15 is 0 Å². The van der Waals surface area contributed by atoms with Crippen molar-refractivity contribution in [3.63, 3.8) is 0 Å². The van der Waals surface area contributed by atoms with Crippen molar-refractivity contribution in [3.05, 3.63) is 0 Å². The molecule has 0 aromatic heterocycles. The molecular formula is C17H26F6O4. The van der Waals surface area contributed by atoms with Gasteiger partial charge in [-0.3, -0.25) is 9.59 Å². The molecule has 0 N–H and O–H groups in total. The summed E-state index contributed by atoms with van der Waals surface area (Å²) in [5, 5.41) is 0. The highest BCUT2D eigenvalue weighted by molar-refractivity contribution is 5.74. The predicted molar refractivity (Wildman–Crippen MR) is 84.6 cm³/mol. The molecule has 0 aromatic carbocycles. The first-order valence-corrected chi connectivity index (χ1v) is 8.51. The van der Waals surface area contributed by atoms with E-state index < -0.39 is 54.8 Å². The third-order valence-electron chi connectivity index (χ3n) is 4.24. The summed E-state index contributed by atoms with van der Waals surface area (Å²) in [4.78, 5) is 23.6. The largest absolute Gasteiger partial charge is 0.465 e. The molecule has 0 aromatic rings. The van der Waals surface area contributed by atoms with Crippen molar-refractivity contribution in [2.75, 3.05) is 6.61 Å². The van der Waals surface area contributed by atoms with Gasteiger partial charge in [-0.15, -0.1) is 0 Å². The Bertz CT molecular complexity index is 483. The monoisotopic (exact) mass is 408 g/mol. The van der Waals surface area contributed by atoms with Crippen LogP contribution in [0.15, 0.2) is 0 Å². The summed E-state index contributed by atoms with van der Waals surface area (Å²) in [5.74, 6) is -2.75. The molecule has 0 saturated carbocycles. The molecule has 0 aliphatic heterocycles. The van der Waals surface area contributed by atoms with Gasteiger partial charge < -0.3 is 9.47 Å². The highest BCUT2D eigenvalue weighted by Crippen LogP contribution is 2.37. The third kappa shape index (κ3) is 8.83. The number of hydrogen-bond donors (Lipinski definition) is 0. The SMILES string of the molecule is CCC(C)(C)C(CC(C)C)C(=O)OCCC(=O)OC(C(F)(F)F)C(F)(F)F. The number of ether oxygens (including phenoxy) is 2. The molecule has 1 atom stereocenters. The van der Waals surface area contributed by atoms with Gasteiger partial charge in [0.05, 0.1) is 12.3 Å². The van der Waals surface area contributed by atoms with Gasteiger partial charge in [0.2, 0.25) is 0 Å². The predicted octanol–water partition coefficient (Wildman–Crippen LogP) is 5.05. The van der Waals surface area contributed by atoms with Crippen molar-refractivity contribution in [2.24, 2.45) is 17.3 Å². The molecule has 0 spiro atoms. The smallest absolute Gasteiger partial charge is 0.434 e. The van der Waals surface area contributed by atoms with Crippen LogP contribution in [0.1, 0.15) is 53.9 Å². The molecule has 0 fully saturated rings. The lowest BCUT2D eigenvalue weighted by Crippen LogP contribution is -2.45. The average Bonchev–Trinajstić information content (AvgIpc) is 2.47. The Morgan fingerprint density at radius 2 is 1.44 bits per heavy atom. The van der Waals surface area contributed by atoms with Crippen LogP contribution in [0.3, 0.4) is 0 Å². The van der Waals surface area contributed by atoms with Crippen molar-refractivity contribution in [1.29, 1.82) is 0 Å². The summed E-state index contributed by atoms with van der Waals surface area (Å²) in [6.07, 6.45) is -15.5. The van der Waals surface area contributed by atoms with Gasteiger partial charge in [-0.25, -0.2) is 0 Å². The summed E-state index contributed by atoms with van der Waals surface area (Å²) in [6.45, 7) is 8.73. The molecule has 0 amide bonds. The lowest BCUT2D eigenvalue weighted by atomic mass is 9.73. The lowest BCUT2D eigenvalue weighted by molar-refractivity contribution is -0.313.